The largest absolute Gasteiger partial charge is 0.493 e. The molecular weight excluding hydrogens is 143 g/mol. The first-order valence-corrected chi connectivity index (χ1v) is 3.52. The molecular formula is C9H7FO. The fourth-order valence-electron chi connectivity index (χ4n) is 1.11. The SMILES string of the molecule is Fc1ccc2c(c1)[C]CCO2. The quantitative estimate of drug-likeness (QED) is 0.550. The molecule has 1 aromatic rings. The van der Waals surface area contributed by atoms with Crippen LogP contribution in [0.2, 0.25) is 0 Å². The molecule has 0 amide bonds. The summed E-state index contributed by atoms with van der Waals surface area (Å²) in [6.45, 7) is 0.651. The van der Waals surface area contributed by atoms with Gasteiger partial charge in [0.05, 0.1) is 6.61 Å². The first kappa shape index (κ1) is 6.65. The highest BCUT2D eigenvalue weighted by Gasteiger charge is 2.10. The van der Waals surface area contributed by atoms with Gasteiger partial charge in [-0.1, -0.05) is 0 Å². The molecule has 0 spiro atoms. The standard InChI is InChI=1S/C9H7FO/c10-8-3-4-9-7(6-8)2-1-5-11-9/h3-4,6H,1,5H2. The van der Waals surface area contributed by atoms with Crippen molar-refractivity contribution in [2.75, 3.05) is 6.61 Å². The Morgan fingerprint density at radius 3 is 3.27 bits per heavy atom. The summed E-state index contributed by atoms with van der Waals surface area (Å²) in [4.78, 5) is 0. The second kappa shape index (κ2) is 2.53. The highest BCUT2D eigenvalue weighted by Crippen LogP contribution is 2.25. The molecule has 0 aromatic heterocycles. The van der Waals surface area contributed by atoms with Gasteiger partial charge in [0.25, 0.3) is 0 Å². The molecule has 1 aliphatic rings. The molecule has 0 aliphatic carbocycles. The maximum Gasteiger partial charge on any atom is 0.123 e. The number of hydrogen-bond acceptors (Lipinski definition) is 1. The zero-order valence-electron chi connectivity index (χ0n) is 5.93. The van der Waals surface area contributed by atoms with Gasteiger partial charge >= 0.3 is 0 Å². The number of ether oxygens (including phenoxy) is 1. The van der Waals surface area contributed by atoms with Gasteiger partial charge in [-0.15, -0.1) is 0 Å². The van der Waals surface area contributed by atoms with Crippen LogP contribution in [0.15, 0.2) is 18.2 Å². The first-order valence-electron chi connectivity index (χ1n) is 3.52. The van der Waals surface area contributed by atoms with Crippen LogP contribution in [0.1, 0.15) is 12.0 Å². The Morgan fingerprint density at radius 2 is 2.36 bits per heavy atom. The van der Waals surface area contributed by atoms with Gasteiger partial charge < -0.3 is 4.74 Å². The minimum absolute atomic E-state index is 0.234. The molecule has 0 atom stereocenters. The van der Waals surface area contributed by atoms with Crippen LogP contribution in [0, 0.1) is 12.2 Å². The Balaban J connectivity index is 2.43. The van der Waals surface area contributed by atoms with E-state index in [-0.39, 0.29) is 5.82 Å². The van der Waals surface area contributed by atoms with Crippen molar-refractivity contribution in [3.8, 4) is 5.75 Å². The number of benzene rings is 1. The van der Waals surface area contributed by atoms with Crippen molar-refractivity contribution in [1.29, 1.82) is 0 Å². The molecule has 1 heterocycles. The number of hydrogen-bond donors (Lipinski definition) is 0. The van der Waals surface area contributed by atoms with E-state index < -0.39 is 0 Å². The van der Waals surface area contributed by atoms with Gasteiger partial charge in [0, 0.05) is 12.0 Å². The predicted octanol–water partition coefficient (Wildman–Crippen LogP) is 2.04. The van der Waals surface area contributed by atoms with Crippen LogP contribution in [-0.2, 0) is 0 Å². The number of fused-ring (bicyclic) bond motifs is 1. The van der Waals surface area contributed by atoms with Crippen molar-refractivity contribution in [2.24, 2.45) is 0 Å². The third-order valence-electron chi connectivity index (χ3n) is 1.62. The van der Waals surface area contributed by atoms with Crippen LogP contribution in [-0.4, -0.2) is 6.61 Å². The van der Waals surface area contributed by atoms with Gasteiger partial charge in [-0.3, -0.25) is 0 Å². The molecule has 11 heavy (non-hydrogen) atoms. The zero-order chi connectivity index (χ0) is 7.68. The Bertz CT molecular complexity index is 270. The maximum absolute atomic E-state index is 12.6. The van der Waals surface area contributed by atoms with Crippen LogP contribution >= 0.6 is 0 Å². The summed E-state index contributed by atoms with van der Waals surface area (Å²) in [6.07, 6.45) is 3.78. The molecule has 2 rings (SSSR count). The van der Waals surface area contributed by atoms with E-state index in [0.29, 0.717) is 6.61 Å². The smallest absolute Gasteiger partial charge is 0.123 e. The Kier molecular flexibility index (Phi) is 1.53. The third-order valence-corrected chi connectivity index (χ3v) is 1.62. The molecule has 1 nitrogen and oxygen atoms in total. The van der Waals surface area contributed by atoms with E-state index in [1.54, 1.807) is 6.07 Å². The summed E-state index contributed by atoms with van der Waals surface area (Å²) in [5.74, 6) is 0.499. The Morgan fingerprint density at radius 1 is 1.45 bits per heavy atom. The summed E-state index contributed by atoms with van der Waals surface area (Å²) < 4.78 is 17.8. The van der Waals surface area contributed by atoms with Crippen molar-refractivity contribution in [3.63, 3.8) is 0 Å². The average molecular weight is 150 g/mol. The molecule has 0 unspecified atom stereocenters. The van der Waals surface area contributed by atoms with Gasteiger partial charge in [-0.05, 0) is 24.6 Å². The van der Waals surface area contributed by atoms with Crippen molar-refractivity contribution < 1.29 is 9.13 Å². The lowest BCUT2D eigenvalue weighted by Crippen LogP contribution is -2.06. The van der Waals surface area contributed by atoms with E-state index in [1.165, 1.54) is 12.1 Å². The van der Waals surface area contributed by atoms with Crippen LogP contribution in [0.5, 0.6) is 5.75 Å². The van der Waals surface area contributed by atoms with E-state index in [1.807, 2.05) is 0 Å². The number of halogens is 1. The summed E-state index contributed by atoms with van der Waals surface area (Å²) in [5, 5.41) is 0. The minimum atomic E-state index is -0.234. The highest BCUT2D eigenvalue weighted by molar-refractivity contribution is 5.40. The van der Waals surface area contributed by atoms with Gasteiger partial charge in [-0.2, -0.15) is 0 Å². The summed E-state index contributed by atoms with van der Waals surface area (Å²) in [6, 6.07) is 4.47. The highest BCUT2D eigenvalue weighted by atomic mass is 19.1. The first-order chi connectivity index (χ1) is 5.36. The Labute approximate surface area is 64.8 Å². The Hall–Kier alpha value is -1.05. The average Bonchev–Trinajstić information content (AvgIpc) is 2.04. The van der Waals surface area contributed by atoms with E-state index in [9.17, 15) is 4.39 Å². The molecule has 0 saturated heterocycles. The van der Waals surface area contributed by atoms with E-state index in [4.69, 9.17) is 4.74 Å². The van der Waals surface area contributed by atoms with Crippen molar-refractivity contribution in [2.45, 2.75) is 6.42 Å². The molecule has 0 fully saturated rings. The molecule has 56 valence electrons. The van der Waals surface area contributed by atoms with E-state index in [2.05, 4.69) is 6.42 Å². The van der Waals surface area contributed by atoms with E-state index >= 15 is 0 Å². The fraction of sp³-hybridized carbons (Fsp3) is 0.222. The molecule has 1 aliphatic heterocycles. The van der Waals surface area contributed by atoms with Gasteiger partial charge in [0.2, 0.25) is 0 Å². The van der Waals surface area contributed by atoms with Crippen molar-refractivity contribution in [1.82, 2.24) is 0 Å². The summed E-state index contributed by atoms with van der Waals surface area (Å²) in [7, 11) is 0. The zero-order valence-corrected chi connectivity index (χ0v) is 5.93. The summed E-state index contributed by atoms with van der Waals surface area (Å²) in [5.41, 5.74) is 0.747. The molecule has 0 N–H and O–H groups in total. The molecule has 2 radical (unpaired) electrons. The summed E-state index contributed by atoms with van der Waals surface area (Å²) >= 11 is 0. The normalized spacial score (nSPS) is 15.4. The minimum Gasteiger partial charge on any atom is -0.493 e. The van der Waals surface area contributed by atoms with Gasteiger partial charge in [0.15, 0.2) is 0 Å². The molecule has 1 aromatic carbocycles. The van der Waals surface area contributed by atoms with Crippen LogP contribution in [0.3, 0.4) is 0 Å². The van der Waals surface area contributed by atoms with Crippen LogP contribution in [0.4, 0.5) is 4.39 Å². The second-order valence-electron chi connectivity index (χ2n) is 2.42. The van der Waals surface area contributed by atoms with Gasteiger partial charge in [0.1, 0.15) is 11.6 Å². The van der Waals surface area contributed by atoms with E-state index in [0.717, 1.165) is 17.7 Å². The van der Waals surface area contributed by atoms with Crippen molar-refractivity contribution in [3.05, 3.63) is 36.0 Å². The predicted molar refractivity (Wildman–Crippen MR) is 38.9 cm³/mol. The van der Waals surface area contributed by atoms with Crippen molar-refractivity contribution >= 4 is 0 Å². The lowest BCUT2D eigenvalue weighted by molar-refractivity contribution is 0.305. The monoisotopic (exact) mass is 150 g/mol. The molecule has 0 bridgehead atoms. The molecule has 2 heteroatoms. The lowest BCUT2D eigenvalue weighted by Gasteiger charge is -2.15. The third kappa shape index (κ3) is 1.20. The van der Waals surface area contributed by atoms with Crippen LogP contribution in [0.25, 0.3) is 0 Å². The number of rotatable bonds is 0. The topological polar surface area (TPSA) is 9.23 Å². The molecule has 0 saturated carbocycles. The lowest BCUT2D eigenvalue weighted by atomic mass is 10.1. The van der Waals surface area contributed by atoms with Gasteiger partial charge in [-0.25, -0.2) is 4.39 Å². The maximum atomic E-state index is 12.6. The van der Waals surface area contributed by atoms with Crippen LogP contribution < -0.4 is 4.74 Å². The second-order valence-corrected chi connectivity index (χ2v) is 2.42. The fourth-order valence-corrected chi connectivity index (χ4v) is 1.11.